The first kappa shape index (κ1) is 10.7. The number of hydrogen-bond donors (Lipinski definition) is 2. The quantitative estimate of drug-likeness (QED) is 0.705. The SMILES string of the molecule is Nc1c(Cl)ccc2c(Cl)cc(Cl)c(N)c12. The van der Waals surface area contributed by atoms with E-state index in [0.29, 0.717) is 31.8 Å². The second-order valence-corrected chi connectivity index (χ2v) is 4.36. The summed E-state index contributed by atoms with van der Waals surface area (Å²) in [7, 11) is 0. The van der Waals surface area contributed by atoms with Crippen molar-refractivity contribution in [2.24, 2.45) is 0 Å². The third-order valence-corrected chi connectivity index (χ3v) is 3.18. The lowest BCUT2D eigenvalue weighted by Gasteiger charge is -2.10. The molecule has 0 saturated heterocycles. The molecule has 0 fully saturated rings. The van der Waals surface area contributed by atoms with E-state index in [9.17, 15) is 0 Å². The summed E-state index contributed by atoms with van der Waals surface area (Å²) < 4.78 is 0. The van der Waals surface area contributed by atoms with Crippen molar-refractivity contribution in [2.45, 2.75) is 0 Å². The maximum absolute atomic E-state index is 6.02. The van der Waals surface area contributed by atoms with Gasteiger partial charge in [0.25, 0.3) is 0 Å². The van der Waals surface area contributed by atoms with E-state index in [2.05, 4.69) is 0 Å². The molecule has 78 valence electrons. The molecule has 0 aliphatic heterocycles. The van der Waals surface area contributed by atoms with Crippen LogP contribution in [-0.2, 0) is 0 Å². The Labute approximate surface area is 102 Å². The monoisotopic (exact) mass is 260 g/mol. The van der Waals surface area contributed by atoms with Gasteiger partial charge in [-0.15, -0.1) is 0 Å². The van der Waals surface area contributed by atoms with E-state index in [4.69, 9.17) is 46.3 Å². The second kappa shape index (κ2) is 3.63. The number of benzene rings is 2. The minimum absolute atomic E-state index is 0.376. The van der Waals surface area contributed by atoms with Gasteiger partial charge in [0, 0.05) is 10.8 Å². The second-order valence-electron chi connectivity index (χ2n) is 3.14. The minimum Gasteiger partial charge on any atom is -0.397 e. The number of nitrogens with two attached hydrogens (primary N) is 2. The van der Waals surface area contributed by atoms with Crippen LogP contribution >= 0.6 is 34.8 Å². The zero-order chi connectivity index (χ0) is 11.2. The molecule has 0 aromatic heterocycles. The van der Waals surface area contributed by atoms with Crippen LogP contribution in [0, 0.1) is 0 Å². The highest BCUT2D eigenvalue weighted by atomic mass is 35.5. The highest BCUT2D eigenvalue weighted by Gasteiger charge is 2.11. The molecule has 0 spiro atoms. The van der Waals surface area contributed by atoms with E-state index >= 15 is 0 Å². The van der Waals surface area contributed by atoms with Gasteiger partial charge in [-0.05, 0) is 12.1 Å². The van der Waals surface area contributed by atoms with Crippen molar-refractivity contribution in [1.82, 2.24) is 0 Å². The normalized spacial score (nSPS) is 10.9. The fraction of sp³-hybridized carbons (Fsp3) is 0. The molecule has 0 atom stereocenters. The summed E-state index contributed by atoms with van der Waals surface area (Å²) in [6.45, 7) is 0. The average Bonchev–Trinajstić information content (AvgIpc) is 2.19. The van der Waals surface area contributed by atoms with Gasteiger partial charge in [0.2, 0.25) is 0 Å². The molecule has 0 bridgehead atoms. The Morgan fingerprint density at radius 2 is 1.40 bits per heavy atom. The average molecular weight is 262 g/mol. The molecule has 0 aliphatic rings. The van der Waals surface area contributed by atoms with Gasteiger partial charge in [0.15, 0.2) is 0 Å². The van der Waals surface area contributed by atoms with Gasteiger partial charge in [-0.1, -0.05) is 40.9 Å². The van der Waals surface area contributed by atoms with Crippen LogP contribution in [0.4, 0.5) is 11.4 Å². The van der Waals surface area contributed by atoms with Crippen LogP contribution in [0.25, 0.3) is 10.8 Å². The van der Waals surface area contributed by atoms with E-state index in [-0.39, 0.29) is 0 Å². The lowest BCUT2D eigenvalue weighted by Crippen LogP contribution is -1.95. The van der Waals surface area contributed by atoms with E-state index in [1.807, 2.05) is 0 Å². The van der Waals surface area contributed by atoms with Gasteiger partial charge in [0.05, 0.1) is 26.4 Å². The Kier molecular flexibility index (Phi) is 2.59. The number of rotatable bonds is 0. The highest BCUT2D eigenvalue weighted by Crippen LogP contribution is 2.40. The van der Waals surface area contributed by atoms with Crippen molar-refractivity contribution in [3.63, 3.8) is 0 Å². The number of nitrogen functional groups attached to an aromatic ring is 2. The van der Waals surface area contributed by atoms with Gasteiger partial charge in [0.1, 0.15) is 0 Å². The third-order valence-electron chi connectivity index (χ3n) is 2.23. The molecular weight excluding hydrogens is 254 g/mol. The van der Waals surface area contributed by atoms with Crippen LogP contribution < -0.4 is 11.5 Å². The predicted molar refractivity (Wildman–Crippen MR) is 67.8 cm³/mol. The number of hydrogen-bond acceptors (Lipinski definition) is 2. The largest absolute Gasteiger partial charge is 0.397 e. The minimum atomic E-state index is 0.376. The summed E-state index contributed by atoms with van der Waals surface area (Å²) in [6, 6.07) is 5.04. The maximum Gasteiger partial charge on any atom is 0.0657 e. The Morgan fingerprint density at radius 3 is 2.07 bits per heavy atom. The molecule has 0 unspecified atom stereocenters. The fourth-order valence-electron chi connectivity index (χ4n) is 1.47. The van der Waals surface area contributed by atoms with Gasteiger partial charge in [-0.3, -0.25) is 0 Å². The first-order valence-corrected chi connectivity index (χ1v) is 5.27. The van der Waals surface area contributed by atoms with E-state index in [0.717, 1.165) is 5.39 Å². The standard InChI is InChI=1S/C10H7Cl3N2/c11-5-2-1-4-6(12)3-7(13)10(15)8(4)9(5)14/h1-3H,14-15H2. The Morgan fingerprint density at radius 1 is 0.800 bits per heavy atom. The van der Waals surface area contributed by atoms with Crippen LogP contribution in [0.1, 0.15) is 0 Å². The lowest BCUT2D eigenvalue weighted by molar-refractivity contribution is 1.70. The number of halogens is 3. The van der Waals surface area contributed by atoms with E-state index in [1.54, 1.807) is 18.2 Å². The topological polar surface area (TPSA) is 52.0 Å². The zero-order valence-corrected chi connectivity index (χ0v) is 9.79. The van der Waals surface area contributed by atoms with Crippen molar-refractivity contribution in [3.8, 4) is 0 Å². The molecule has 2 aromatic rings. The zero-order valence-electron chi connectivity index (χ0n) is 7.52. The van der Waals surface area contributed by atoms with Crippen molar-refractivity contribution < 1.29 is 0 Å². The lowest BCUT2D eigenvalue weighted by atomic mass is 10.1. The first-order valence-electron chi connectivity index (χ1n) is 4.13. The van der Waals surface area contributed by atoms with Gasteiger partial charge in [-0.25, -0.2) is 0 Å². The fourth-order valence-corrected chi connectivity index (χ4v) is 2.15. The summed E-state index contributed by atoms with van der Waals surface area (Å²) in [5, 5.41) is 2.68. The predicted octanol–water partition coefficient (Wildman–Crippen LogP) is 3.96. The summed E-state index contributed by atoms with van der Waals surface area (Å²) in [6.07, 6.45) is 0. The molecule has 4 N–H and O–H groups in total. The van der Waals surface area contributed by atoms with Crippen molar-refractivity contribution >= 4 is 57.0 Å². The summed E-state index contributed by atoms with van der Waals surface area (Å²) in [4.78, 5) is 0. The third kappa shape index (κ3) is 1.59. The molecule has 0 amide bonds. The number of fused-ring (bicyclic) bond motifs is 1. The Hall–Kier alpha value is -0.830. The highest BCUT2D eigenvalue weighted by molar-refractivity contribution is 6.43. The van der Waals surface area contributed by atoms with Gasteiger partial charge < -0.3 is 11.5 Å². The van der Waals surface area contributed by atoms with Gasteiger partial charge >= 0.3 is 0 Å². The Balaban J connectivity index is 3.04. The molecule has 0 aliphatic carbocycles. The molecule has 2 rings (SSSR count). The molecule has 0 heterocycles. The first-order chi connectivity index (χ1) is 7.02. The van der Waals surface area contributed by atoms with Crippen LogP contribution in [0.3, 0.4) is 0 Å². The molecule has 2 aromatic carbocycles. The molecule has 15 heavy (non-hydrogen) atoms. The van der Waals surface area contributed by atoms with Crippen molar-refractivity contribution in [2.75, 3.05) is 11.5 Å². The van der Waals surface area contributed by atoms with Crippen LogP contribution in [0.2, 0.25) is 15.1 Å². The van der Waals surface area contributed by atoms with E-state index < -0.39 is 0 Å². The Bertz CT molecular complexity index is 544. The summed E-state index contributed by atoms with van der Waals surface area (Å²) in [5.74, 6) is 0. The van der Waals surface area contributed by atoms with Crippen LogP contribution in [0.5, 0.6) is 0 Å². The van der Waals surface area contributed by atoms with Crippen LogP contribution in [0.15, 0.2) is 18.2 Å². The molecule has 2 nitrogen and oxygen atoms in total. The molecule has 0 saturated carbocycles. The molecule has 5 heteroatoms. The number of anilines is 2. The maximum atomic E-state index is 6.02. The summed E-state index contributed by atoms with van der Waals surface area (Å²) in [5.41, 5.74) is 12.5. The molecular formula is C10H7Cl3N2. The van der Waals surface area contributed by atoms with E-state index in [1.165, 1.54) is 0 Å². The van der Waals surface area contributed by atoms with Crippen LogP contribution in [-0.4, -0.2) is 0 Å². The molecule has 0 radical (unpaired) electrons. The summed E-state index contributed by atoms with van der Waals surface area (Å²) >= 11 is 17.8. The van der Waals surface area contributed by atoms with Crippen molar-refractivity contribution in [1.29, 1.82) is 0 Å². The van der Waals surface area contributed by atoms with Crippen molar-refractivity contribution in [3.05, 3.63) is 33.3 Å². The van der Waals surface area contributed by atoms with Gasteiger partial charge in [-0.2, -0.15) is 0 Å². The smallest absolute Gasteiger partial charge is 0.0657 e.